The van der Waals surface area contributed by atoms with Crippen molar-refractivity contribution in [1.82, 2.24) is 15.0 Å². The molecular formula is C13H11N3O2. The quantitative estimate of drug-likeness (QED) is 0.788. The third-order valence-electron chi connectivity index (χ3n) is 2.16. The lowest BCUT2D eigenvalue weighted by Crippen LogP contribution is -2.25. The summed E-state index contributed by atoms with van der Waals surface area (Å²) >= 11 is 0. The number of hydrogen-bond donors (Lipinski definition) is 2. The molecule has 0 amide bonds. The summed E-state index contributed by atoms with van der Waals surface area (Å²) in [7, 11) is 0. The van der Waals surface area contributed by atoms with Gasteiger partial charge in [0.1, 0.15) is 5.82 Å². The molecule has 0 bridgehead atoms. The van der Waals surface area contributed by atoms with E-state index in [1.54, 1.807) is 24.3 Å². The highest BCUT2D eigenvalue weighted by Gasteiger charge is 1.99. The van der Waals surface area contributed by atoms with E-state index in [9.17, 15) is 9.59 Å². The fourth-order valence-electron chi connectivity index (χ4n) is 1.38. The Kier molecular flexibility index (Phi) is 3.66. The van der Waals surface area contributed by atoms with Crippen LogP contribution in [-0.4, -0.2) is 15.0 Å². The lowest BCUT2D eigenvalue weighted by molar-refractivity contribution is 0.943. The Balaban J connectivity index is 2.63. The van der Waals surface area contributed by atoms with Crippen molar-refractivity contribution < 1.29 is 0 Å². The Labute approximate surface area is 103 Å². The fraction of sp³-hybridized carbons (Fsp3) is 0. The van der Waals surface area contributed by atoms with Crippen LogP contribution < -0.4 is 11.4 Å². The first kappa shape index (κ1) is 11.8. The molecule has 0 unspecified atom stereocenters. The number of aromatic amines is 2. The maximum Gasteiger partial charge on any atom is 0.351 e. The van der Waals surface area contributed by atoms with Gasteiger partial charge in [-0.05, 0) is 0 Å². The minimum Gasteiger partial charge on any atom is -0.291 e. The highest BCUT2D eigenvalue weighted by Crippen LogP contribution is 2.07. The molecule has 2 rings (SSSR count). The van der Waals surface area contributed by atoms with E-state index in [1.807, 2.05) is 35.3 Å². The summed E-state index contributed by atoms with van der Waals surface area (Å²) in [6.45, 7) is 0. The molecule has 5 nitrogen and oxygen atoms in total. The molecule has 0 aliphatic carbocycles. The third kappa shape index (κ3) is 3.15. The second-order valence-corrected chi connectivity index (χ2v) is 3.48. The molecule has 2 aromatic rings. The summed E-state index contributed by atoms with van der Waals surface area (Å²) in [5, 5.41) is 0. The van der Waals surface area contributed by atoms with Crippen molar-refractivity contribution in [3.05, 3.63) is 75.6 Å². The van der Waals surface area contributed by atoms with E-state index in [1.165, 1.54) is 0 Å². The Morgan fingerprint density at radius 3 is 1.89 bits per heavy atom. The van der Waals surface area contributed by atoms with E-state index >= 15 is 0 Å². The van der Waals surface area contributed by atoms with Gasteiger partial charge in [0.15, 0.2) is 0 Å². The van der Waals surface area contributed by atoms with Crippen LogP contribution in [0.15, 0.2) is 64.2 Å². The molecule has 1 heterocycles. The number of H-pyrrole nitrogens is 2. The van der Waals surface area contributed by atoms with Gasteiger partial charge in [-0.3, -0.25) is 9.97 Å². The number of aromatic nitrogens is 3. The minimum atomic E-state index is -0.667. The van der Waals surface area contributed by atoms with Crippen molar-refractivity contribution in [3.63, 3.8) is 0 Å². The summed E-state index contributed by atoms with van der Waals surface area (Å²) in [4.78, 5) is 30.6. The molecule has 0 spiro atoms. The van der Waals surface area contributed by atoms with Crippen LogP contribution in [0.1, 0.15) is 0 Å². The van der Waals surface area contributed by atoms with Crippen molar-refractivity contribution in [3.8, 4) is 11.4 Å². The van der Waals surface area contributed by atoms with Crippen LogP contribution in [0.2, 0.25) is 0 Å². The topological polar surface area (TPSA) is 78.6 Å². The molecule has 0 radical (unpaired) electrons. The second kappa shape index (κ2) is 5.58. The van der Waals surface area contributed by atoms with Crippen LogP contribution in [-0.2, 0) is 0 Å². The normalized spacial score (nSPS) is 9.56. The summed E-state index contributed by atoms with van der Waals surface area (Å²) in [5.41, 5.74) is -0.593. The minimum absolute atomic E-state index is 0.239. The highest BCUT2D eigenvalue weighted by molar-refractivity contribution is 5.52. The average molecular weight is 241 g/mol. The van der Waals surface area contributed by atoms with E-state index in [0.717, 1.165) is 0 Å². The predicted octanol–water partition coefficient (Wildman–Crippen LogP) is 1.25. The first-order valence-electron chi connectivity index (χ1n) is 5.35. The Morgan fingerprint density at radius 1 is 0.778 bits per heavy atom. The smallest absolute Gasteiger partial charge is 0.291 e. The summed E-state index contributed by atoms with van der Waals surface area (Å²) < 4.78 is 0. The SMILES string of the molecule is O=c1nc(-c2ccccccccc2)[nH]c(=O)[nH]1. The molecule has 90 valence electrons. The summed E-state index contributed by atoms with van der Waals surface area (Å²) in [5.74, 6) is 0.239. The molecule has 18 heavy (non-hydrogen) atoms. The molecule has 0 atom stereocenters. The number of hydrogen-bond acceptors (Lipinski definition) is 3. The zero-order chi connectivity index (χ0) is 12.8. The largest absolute Gasteiger partial charge is 0.351 e. The van der Waals surface area contributed by atoms with Gasteiger partial charge < -0.3 is 0 Å². The zero-order valence-electron chi connectivity index (χ0n) is 9.46. The maximum atomic E-state index is 11.2. The third-order valence-corrected chi connectivity index (χ3v) is 2.16. The molecule has 0 saturated heterocycles. The van der Waals surface area contributed by atoms with Gasteiger partial charge in [-0.2, -0.15) is 4.98 Å². The Bertz CT molecular complexity index is 649. The molecule has 0 aliphatic rings. The molecule has 0 saturated carbocycles. The van der Waals surface area contributed by atoms with Crippen LogP contribution >= 0.6 is 0 Å². The molecular weight excluding hydrogens is 230 g/mol. The van der Waals surface area contributed by atoms with Gasteiger partial charge in [-0.15, -0.1) is 0 Å². The van der Waals surface area contributed by atoms with Crippen molar-refractivity contribution in [2.45, 2.75) is 0 Å². The van der Waals surface area contributed by atoms with Gasteiger partial charge in [-0.1, -0.05) is 54.6 Å². The van der Waals surface area contributed by atoms with Gasteiger partial charge in [0.2, 0.25) is 0 Å². The Morgan fingerprint density at radius 2 is 1.33 bits per heavy atom. The van der Waals surface area contributed by atoms with Crippen LogP contribution in [0.3, 0.4) is 0 Å². The molecule has 5 heteroatoms. The Hall–Kier alpha value is -2.69. The molecule has 1 aromatic heterocycles. The van der Waals surface area contributed by atoms with E-state index in [4.69, 9.17) is 0 Å². The van der Waals surface area contributed by atoms with Gasteiger partial charge >= 0.3 is 11.4 Å². The number of rotatable bonds is 1. The monoisotopic (exact) mass is 241 g/mol. The average Bonchev–Trinajstić information content (AvgIpc) is 2.34. The van der Waals surface area contributed by atoms with E-state index in [-0.39, 0.29) is 5.82 Å². The molecule has 0 fully saturated rings. The van der Waals surface area contributed by atoms with Crippen molar-refractivity contribution >= 4 is 0 Å². The lowest BCUT2D eigenvalue weighted by Gasteiger charge is -1.95. The van der Waals surface area contributed by atoms with E-state index in [2.05, 4.69) is 9.97 Å². The number of nitrogens with zero attached hydrogens (tertiary/aromatic N) is 1. The maximum absolute atomic E-state index is 11.2. The molecule has 1 aromatic carbocycles. The van der Waals surface area contributed by atoms with E-state index in [0.29, 0.717) is 5.56 Å². The van der Waals surface area contributed by atoms with Gasteiger partial charge in [0.05, 0.1) is 0 Å². The van der Waals surface area contributed by atoms with Crippen LogP contribution in [0.5, 0.6) is 0 Å². The van der Waals surface area contributed by atoms with Gasteiger partial charge in [0.25, 0.3) is 0 Å². The molecule has 2 N–H and O–H groups in total. The summed E-state index contributed by atoms with van der Waals surface area (Å²) in [6.07, 6.45) is 0. The van der Waals surface area contributed by atoms with Gasteiger partial charge in [0, 0.05) is 5.56 Å². The van der Waals surface area contributed by atoms with Gasteiger partial charge in [-0.25, -0.2) is 9.59 Å². The van der Waals surface area contributed by atoms with Crippen molar-refractivity contribution in [2.24, 2.45) is 0 Å². The first-order chi connectivity index (χ1) is 8.75. The van der Waals surface area contributed by atoms with Crippen LogP contribution in [0.25, 0.3) is 11.4 Å². The predicted molar refractivity (Wildman–Crippen MR) is 68.5 cm³/mol. The lowest BCUT2D eigenvalue weighted by atomic mass is 10.2. The van der Waals surface area contributed by atoms with Crippen LogP contribution in [0.4, 0.5) is 0 Å². The summed E-state index contributed by atoms with van der Waals surface area (Å²) in [6, 6.07) is 16.5. The second-order valence-electron chi connectivity index (χ2n) is 3.48. The van der Waals surface area contributed by atoms with Crippen molar-refractivity contribution in [2.75, 3.05) is 0 Å². The molecule has 0 aliphatic heterocycles. The first-order valence-corrected chi connectivity index (χ1v) is 5.35. The standard InChI is InChI=1S/C13H11N3O2/c17-12-14-11(15-13(18)16-12)10-8-6-4-2-1-3-5-7-9-10/h1-9H,(H2,14,15,16,17,18). The fourth-order valence-corrected chi connectivity index (χ4v) is 1.38. The van der Waals surface area contributed by atoms with E-state index < -0.39 is 11.4 Å². The number of nitrogens with one attached hydrogen (secondary N) is 2. The highest BCUT2D eigenvalue weighted by atomic mass is 16.2. The van der Waals surface area contributed by atoms with Crippen molar-refractivity contribution in [1.29, 1.82) is 0 Å². The van der Waals surface area contributed by atoms with Crippen LogP contribution in [0, 0.1) is 0 Å². The zero-order valence-corrected chi connectivity index (χ0v) is 9.46.